The van der Waals surface area contributed by atoms with Crippen molar-refractivity contribution < 1.29 is 4.79 Å². The van der Waals surface area contributed by atoms with Crippen LogP contribution < -0.4 is 0 Å². The van der Waals surface area contributed by atoms with Crippen LogP contribution in [0.15, 0.2) is 0 Å². The minimum Gasteiger partial charge on any atom is -0.340 e. The highest BCUT2D eigenvalue weighted by Gasteiger charge is 2.27. The Morgan fingerprint density at radius 1 is 1.29 bits per heavy atom. The lowest BCUT2D eigenvalue weighted by Crippen LogP contribution is -2.35. The molecule has 1 rings (SSSR count). The van der Waals surface area contributed by atoms with Crippen LogP contribution in [0, 0.1) is 0 Å². The fourth-order valence-corrected chi connectivity index (χ4v) is 2.95. The number of nitrogens with zero attached hydrogens (tertiary/aromatic N) is 1. The van der Waals surface area contributed by atoms with Crippen LogP contribution >= 0.6 is 15.9 Å². The predicted molar refractivity (Wildman–Crippen MR) is 76.5 cm³/mol. The molecule has 0 aliphatic carbocycles. The first-order valence-electron chi connectivity index (χ1n) is 7.15. The Bertz CT molecular complexity index is 220. The molecule has 1 amide bonds. The van der Waals surface area contributed by atoms with Crippen molar-refractivity contribution in [2.24, 2.45) is 0 Å². The zero-order valence-corrected chi connectivity index (χ0v) is 12.7. The predicted octanol–water partition coefficient (Wildman–Crippen LogP) is 4.12. The average molecular weight is 304 g/mol. The number of alkyl halides is 1. The minimum absolute atomic E-state index is 0.401. The van der Waals surface area contributed by atoms with E-state index in [-0.39, 0.29) is 0 Å². The molecule has 0 radical (unpaired) electrons. The monoisotopic (exact) mass is 303 g/mol. The zero-order valence-electron chi connectivity index (χ0n) is 11.1. The molecule has 0 N–H and O–H groups in total. The molecule has 1 fully saturated rings. The molecular formula is C14H26BrNO. The van der Waals surface area contributed by atoms with E-state index in [2.05, 4.69) is 27.8 Å². The van der Waals surface area contributed by atoms with E-state index in [0.29, 0.717) is 11.9 Å². The lowest BCUT2D eigenvalue weighted by atomic mass is 10.1. The van der Waals surface area contributed by atoms with E-state index in [1.165, 1.54) is 44.9 Å². The van der Waals surface area contributed by atoms with Gasteiger partial charge in [0.2, 0.25) is 5.91 Å². The number of hydrogen-bond acceptors (Lipinski definition) is 1. The van der Waals surface area contributed by atoms with E-state index in [4.69, 9.17) is 0 Å². The normalized spacial score (nSPS) is 19.9. The van der Waals surface area contributed by atoms with E-state index in [9.17, 15) is 4.79 Å². The number of carbonyl (C=O) groups excluding carboxylic acids is 1. The van der Waals surface area contributed by atoms with Crippen LogP contribution in [-0.4, -0.2) is 28.7 Å². The third kappa shape index (κ3) is 5.41. The molecule has 17 heavy (non-hydrogen) atoms. The van der Waals surface area contributed by atoms with Crippen molar-refractivity contribution in [2.45, 2.75) is 70.8 Å². The SMILES string of the molecule is CCCCCCC(=O)N1CCCC1CCCBr. The molecule has 0 aromatic rings. The van der Waals surface area contributed by atoms with Crippen LogP contribution in [0.2, 0.25) is 0 Å². The maximum Gasteiger partial charge on any atom is 0.222 e. The summed E-state index contributed by atoms with van der Waals surface area (Å²) >= 11 is 3.47. The number of likely N-dealkylation sites (tertiary alicyclic amines) is 1. The second kappa shape index (κ2) is 8.96. The van der Waals surface area contributed by atoms with Crippen LogP contribution in [0.3, 0.4) is 0 Å². The fourth-order valence-electron chi connectivity index (χ4n) is 2.62. The fraction of sp³-hybridized carbons (Fsp3) is 0.929. The third-order valence-electron chi connectivity index (χ3n) is 3.61. The van der Waals surface area contributed by atoms with Gasteiger partial charge in [-0.3, -0.25) is 4.79 Å². The average Bonchev–Trinajstić information content (AvgIpc) is 2.80. The largest absolute Gasteiger partial charge is 0.340 e. The van der Waals surface area contributed by atoms with Gasteiger partial charge in [-0.15, -0.1) is 0 Å². The topological polar surface area (TPSA) is 20.3 Å². The van der Waals surface area contributed by atoms with Gasteiger partial charge >= 0.3 is 0 Å². The molecule has 1 unspecified atom stereocenters. The Morgan fingerprint density at radius 2 is 2.12 bits per heavy atom. The summed E-state index contributed by atoms with van der Waals surface area (Å²) in [5.41, 5.74) is 0. The summed E-state index contributed by atoms with van der Waals surface area (Å²) in [7, 11) is 0. The quantitative estimate of drug-likeness (QED) is 0.488. The van der Waals surface area contributed by atoms with Crippen LogP contribution in [0.1, 0.15) is 64.7 Å². The second-order valence-electron chi connectivity index (χ2n) is 5.03. The molecule has 100 valence electrons. The van der Waals surface area contributed by atoms with Crippen LogP contribution in [0.25, 0.3) is 0 Å². The smallest absolute Gasteiger partial charge is 0.222 e. The number of rotatable bonds is 8. The highest BCUT2D eigenvalue weighted by molar-refractivity contribution is 9.09. The van der Waals surface area contributed by atoms with E-state index in [1.54, 1.807) is 0 Å². The first-order valence-corrected chi connectivity index (χ1v) is 8.27. The standard InChI is InChI=1S/C14H26BrNO/c1-2-3-4-5-10-14(17)16-12-7-9-13(16)8-6-11-15/h13H,2-12H2,1H3. The number of hydrogen-bond donors (Lipinski definition) is 0. The Hall–Kier alpha value is -0.0500. The molecule has 0 saturated carbocycles. The lowest BCUT2D eigenvalue weighted by molar-refractivity contribution is -0.132. The van der Waals surface area contributed by atoms with Crippen molar-refractivity contribution in [2.75, 3.05) is 11.9 Å². The summed E-state index contributed by atoms with van der Waals surface area (Å²) in [5.74, 6) is 0.401. The molecule has 1 atom stereocenters. The number of halogens is 1. The summed E-state index contributed by atoms with van der Waals surface area (Å²) in [6.45, 7) is 3.21. The van der Waals surface area contributed by atoms with Gasteiger partial charge in [-0.25, -0.2) is 0 Å². The Kier molecular flexibility index (Phi) is 7.91. The molecule has 1 saturated heterocycles. The summed E-state index contributed by atoms with van der Waals surface area (Å²) < 4.78 is 0. The number of amides is 1. The molecule has 3 heteroatoms. The van der Waals surface area contributed by atoms with E-state index < -0.39 is 0 Å². The van der Waals surface area contributed by atoms with Gasteiger partial charge < -0.3 is 4.90 Å². The molecule has 1 heterocycles. The Balaban J connectivity index is 2.24. The number of carbonyl (C=O) groups is 1. The van der Waals surface area contributed by atoms with Gasteiger partial charge in [-0.2, -0.15) is 0 Å². The Morgan fingerprint density at radius 3 is 2.82 bits per heavy atom. The second-order valence-corrected chi connectivity index (χ2v) is 5.82. The third-order valence-corrected chi connectivity index (χ3v) is 4.17. The zero-order chi connectivity index (χ0) is 12.5. The van der Waals surface area contributed by atoms with Crippen molar-refractivity contribution >= 4 is 21.8 Å². The van der Waals surface area contributed by atoms with E-state index in [1.807, 2.05) is 0 Å². The molecule has 0 aromatic heterocycles. The highest BCUT2D eigenvalue weighted by atomic mass is 79.9. The Labute approximate surface area is 114 Å². The maximum absolute atomic E-state index is 12.1. The van der Waals surface area contributed by atoms with Crippen molar-refractivity contribution in [3.63, 3.8) is 0 Å². The van der Waals surface area contributed by atoms with Gasteiger partial charge in [-0.1, -0.05) is 42.1 Å². The molecule has 1 aliphatic heterocycles. The van der Waals surface area contributed by atoms with Gasteiger partial charge in [0, 0.05) is 24.3 Å². The molecule has 0 bridgehead atoms. The first kappa shape index (κ1) is 15.0. The summed E-state index contributed by atoms with van der Waals surface area (Å²) in [6, 6.07) is 0.534. The van der Waals surface area contributed by atoms with E-state index >= 15 is 0 Å². The first-order chi connectivity index (χ1) is 8.29. The summed E-state index contributed by atoms with van der Waals surface area (Å²) in [5, 5.41) is 1.06. The van der Waals surface area contributed by atoms with Gasteiger partial charge in [0.25, 0.3) is 0 Å². The van der Waals surface area contributed by atoms with Gasteiger partial charge in [-0.05, 0) is 32.1 Å². The highest BCUT2D eigenvalue weighted by Crippen LogP contribution is 2.23. The molecular weight excluding hydrogens is 278 g/mol. The summed E-state index contributed by atoms with van der Waals surface area (Å²) in [4.78, 5) is 14.2. The van der Waals surface area contributed by atoms with Crippen molar-refractivity contribution in [1.82, 2.24) is 4.90 Å². The molecule has 0 spiro atoms. The van der Waals surface area contributed by atoms with E-state index in [0.717, 1.165) is 24.7 Å². The lowest BCUT2D eigenvalue weighted by Gasteiger charge is -2.24. The minimum atomic E-state index is 0.401. The van der Waals surface area contributed by atoms with Crippen LogP contribution in [0.4, 0.5) is 0 Å². The maximum atomic E-state index is 12.1. The van der Waals surface area contributed by atoms with Crippen molar-refractivity contribution in [1.29, 1.82) is 0 Å². The van der Waals surface area contributed by atoms with Gasteiger partial charge in [0.15, 0.2) is 0 Å². The van der Waals surface area contributed by atoms with Gasteiger partial charge in [0.1, 0.15) is 0 Å². The van der Waals surface area contributed by atoms with Crippen LogP contribution in [0.5, 0.6) is 0 Å². The van der Waals surface area contributed by atoms with Crippen molar-refractivity contribution in [3.8, 4) is 0 Å². The molecule has 2 nitrogen and oxygen atoms in total. The molecule has 0 aromatic carbocycles. The van der Waals surface area contributed by atoms with Gasteiger partial charge in [0.05, 0.1) is 0 Å². The van der Waals surface area contributed by atoms with Crippen molar-refractivity contribution in [3.05, 3.63) is 0 Å². The summed E-state index contributed by atoms with van der Waals surface area (Å²) in [6.07, 6.45) is 10.3. The van der Waals surface area contributed by atoms with Crippen LogP contribution in [-0.2, 0) is 4.79 Å². The number of unbranched alkanes of at least 4 members (excludes halogenated alkanes) is 3. The molecule has 1 aliphatic rings.